The molecule has 1 aromatic heterocycles. The van der Waals surface area contributed by atoms with Crippen LogP contribution in [0.25, 0.3) is 0 Å². The van der Waals surface area contributed by atoms with E-state index in [4.69, 9.17) is 5.84 Å². The van der Waals surface area contributed by atoms with E-state index >= 15 is 0 Å². The number of nitrogens with two attached hydrogens (primary N) is 1. The number of hydrogen-bond acceptors (Lipinski definition) is 5. The van der Waals surface area contributed by atoms with Gasteiger partial charge in [-0.05, 0) is 76.5 Å². The van der Waals surface area contributed by atoms with Crippen molar-refractivity contribution < 1.29 is 0 Å². The molecule has 6 nitrogen and oxygen atoms in total. The van der Waals surface area contributed by atoms with Gasteiger partial charge in [-0.25, -0.2) is 4.68 Å². The lowest BCUT2D eigenvalue weighted by molar-refractivity contribution is 0.181. The van der Waals surface area contributed by atoms with E-state index in [2.05, 4.69) is 33.8 Å². The van der Waals surface area contributed by atoms with Gasteiger partial charge in [0.15, 0.2) is 11.6 Å². The second kappa shape index (κ2) is 9.70. The van der Waals surface area contributed by atoms with Crippen molar-refractivity contribution in [3.05, 3.63) is 11.6 Å². The average molecular weight is 363 g/mol. The van der Waals surface area contributed by atoms with Gasteiger partial charge in [-0.15, -0.1) is 10.2 Å². The summed E-state index contributed by atoms with van der Waals surface area (Å²) in [4.78, 5) is 5.18. The van der Waals surface area contributed by atoms with Crippen molar-refractivity contribution in [1.82, 2.24) is 24.7 Å². The molecule has 26 heavy (non-hydrogen) atoms. The Hall–Kier alpha value is -1.14. The standard InChI is InChI=1S/C20H38N6/c1-17-7-3-11-24(15-17)13-5-9-19-22-23-20(26(19)21)10-6-14-25-12-4-8-18(2)16-25/h17-18H,3-16,21H2,1-2H3/t17-,18+. The molecule has 0 amide bonds. The predicted octanol–water partition coefficient (Wildman–Crippen LogP) is 2.32. The van der Waals surface area contributed by atoms with Crippen molar-refractivity contribution in [2.24, 2.45) is 11.8 Å². The normalized spacial score (nSPS) is 25.6. The van der Waals surface area contributed by atoms with E-state index in [1.165, 1.54) is 51.9 Å². The topological polar surface area (TPSA) is 63.2 Å². The molecule has 2 aliphatic heterocycles. The molecule has 3 heterocycles. The number of nitrogens with zero attached hydrogens (tertiary/aromatic N) is 5. The van der Waals surface area contributed by atoms with Gasteiger partial charge in [0, 0.05) is 25.9 Å². The number of hydrogen-bond donors (Lipinski definition) is 1. The number of aromatic nitrogens is 3. The van der Waals surface area contributed by atoms with Crippen LogP contribution in [-0.2, 0) is 12.8 Å². The fourth-order valence-electron chi connectivity index (χ4n) is 4.60. The first-order valence-corrected chi connectivity index (χ1v) is 10.7. The van der Waals surface area contributed by atoms with Gasteiger partial charge < -0.3 is 15.6 Å². The maximum Gasteiger partial charge on any atom is 0.151 e. The van der Waals surface area contributed by atoms with Gasteiger partial charge in [0.05, 0.1) is 0 Å². The van der Waals surface area contributed by atoms with Crippen LogP contribution in [0, 0.1) is 11.8 Å². The van der Waals surface area contributed by atoms with E-state index in [1.54, 1.807) is 4.68 Å². The Morgan fingerprint density at radius 3 is 1.73 bits per heavy atom. The Morgan fingerprint density at radius 1 is 0.846 bits per heavy atom. The van der Waals surface area contributed by atoms with Gasteiger partial charge in [-0.3, -0.25) is 0 Å². The molecule has 148 valence electrons. The number of nitrogen functional groups attached to an aromatic ring is 1. The molecule has 2 fully saturated rings. The van der Waals surface area contributed by atoms with Gasteiger partial charge in [-0.2, -0.15) is 0 Å². The largest absolute Gasteiger partial charge is 0.336 e. The molecule has 2 saturated heterocycles. The van der Waals surface area contributed by atoms with Crippen LogP contribution in [0.4, 0.5) is 0 Å². The first kappa shape index (κ1) is 19.6. The zero-order chi connectivity index (χ0) is 18.4. The van der Waals surface area contributed by atoms with Crippen molar-refractivity contribution in [3.63, 3.8) is 0 Å². The van der Waals surface area contributed by atoms with Crippen LogP contribution in [0.1, 0.15) is 64.0 Å². The summed E-state index contributed by atoms with van der Waals surface area (Å²) in [6.45, 7) is 12.0. The fourth-order valence-corrected chi connectivity index (χ4v) is 4.60. The van der Waals surface area contributed by atoms with Crippen molar-refractivity contribution >= 4 is 0 Å². The van der Waals surface area contributed by atoms with Crippen LogP contribution in [0.3, 0.4) is 0 Å². The first-order valence-electron chi connectivity index (χ1n) is 10.7. The van der Waals surface area contributed by atoms with E-state index in [0.29, 0.717) is 0 Å². The maximum absolute atomic E-state index is 6.25. The number of piperidine rings is 2. The zero-order valence-electron chi connectivity index (χ0n) is 16.9. The lowest BCUT2D eigenvalue weighted by Gasteiger charge is -2.30. The third-order valence-electron chi connectivity index (χ3n) is 6.07. The number of likely N-dealkylation sites (tertiary alicyclic amines) is 2. The summed E-state index contributed by atoms with van der Waals surface area (Å²) in [6, 6.07) is 0. The molecule has 0 radical (unpaired) electrons. The highest BCUT2D eigenvalue weighted by Crippen LogP contribution is 2.17. The fraction of sp³-hybridized carbons (Fsp3) is 0.900. The minimum Gasteiger partial charge on any atom is -0.336 e. The maximum atomic E-state index is 6.25. The Kier molecular flexibility index (Phi) is 7.32. The van der Waals surface area contributed by atoms with E-state index < -0.39 is 0 Å². The SMILES string of the molecule is C[C@@H]1CCCN(CCCc2nnc(CCCN3CCC[C@H](C)C3)n2N)C1. The highest BCUT2D eigenvalue weighted by Gasteiger charge is 2.18. The van der Waals surface area contributed by atoms with Crippen molar-refractivity contribution in [3.8, 4) is 0 Å². The predicted molar refractivity (Wildman–Crippen MR) is 106 cm³/mol. The van der Waals surface area contributed by atoms with Crippen molar-refractivity contribution in [2.75, 3.05) is 45.1 Å². The monoisotopic (exact) mass is 362 g/mol. The number of rotatable bonds is 8. The lowest BCUT2D eigenvalue weighted by Crippen LogP contribution is -2.35. The molecule has 0 bridgehead atoms. The Balaban J connectivity index is 1.37. The second-order valence-electron chi connectivity index (χ2n) is 8.71. The second-order valence-corrected chi connectivity index (χ2v) is 8.71. The van der Waals surface area contributed by atoms with Crippen molar-refractivity contribution in [2.45, 2.75) is 65.2 Å². The van der Waals surface area contributed by atoms with E-state index in [1.807, 2.05) is 0 Å². The van der Waals surface area contributed by atoms with Gasteiger partial charge in [0.25, 0.3) is 0 Å². The molecule has 2 aliphatic rings. The molecule has 0 saturated carbocycles. The van der Waals surface area contributed by atoms with E-state index in [-0.39, 0.29) is 0 Å². The third-order valence-corrected chi connectivity index (χ3v) is 6.07. The molecular formula is C20H38N6. The summed E-state index contributed by atoms with van der Waals surface area (Å²) in [5, 5.41) is 8.69. The van der Waals surface area contributed by atoms with Crippen LogP contribution in [0.2, 0.25) is 0 Å². The molecular weight excluding hydrogens is 324 g/mol. The van der Waals surface area contributed by atoms with Crippen LogP contribution < -0.4 is 5.84 Å². The van der Waals surface area contributed by atoms with E-state index in [0.717, 1.165) is 62.3 Å². The summed E-state index contributed by atoms with van der Waals surface area (Å²) < 4.78 is 1.75. The highest BCUT2D eigenvalue weighted by molar-refractivity contribution is 4.96. The minimum absolute atomic E-state index is 0.844. The van der Waals surface area contributed by atoms with Crippen LogP contribution in [-0.4, -0.2) is 63.9 Å². The summed E-state index contributed by atoms with van der Waals surface area (Å²) in [5.74, 6) is 9.82. The quantitative estimate of drug-likeness (QED) is 0.719. The smallest absolute Gasteiger partial charge is 0.151 e. The zero-order valence-corrected chi connectivity index (χ0v) is 16.9. The number of aryl methyl sites for hydroxylation is 2. The molecule has 0 unspecified atom stereocenters. The Bertz CT molecular complexity index is 497. The van der Waals surface area contributed by atoms with Gasteiger partial charge in [-0.1, -0.05) is 13.8 Å². The molecule has 2 N–H and O–H groups in total. The van der Waals surface area contributed by atoms with Crippen LogP contribution >= 0.6 is 0 Å². The van der Waals surface area contributed by atoms with Crippen LogP contribution in [0.5, 0.6) is 0 Å². The summed E-state index contributed by atoms with van der Waals surface area (Å²) >= 11 is 0. The third kappa shape index (κ3) is 5.68. The molecule has 0 aromatic carbocycles. The highest BCUT2D eigenvalue weighted by atomic mass is 15.4. The molecule has 3 rings (SSSR count). The molecule has 2 atom stereocenters. The van der Waals surface area contributed by atoms with E-state index in [9.17, 15) is 0 Å². The first-order chi connectivity index (χ1) is 12.6. The average Bonchev–Trinajstić information content (AvgIpc) is 2.96. The van der Waals surface area contributed by atoms with Gasteiger partial charge in [0.1, 0.15) is 0 Å². The molecule has 0 spiro atoms. The van der Waals surface area contributed by atoms with Gasteiger partial charge >= 0.3 is 0 Å². The summed E-state index contributed by atoms with van der Waals surface area (Å²) in [7, 11) is 0. The summed E-state index contributed by atoms with van der Waals surface area (Å²) in [6.07, 6.45) is 9.54. The Morgan fingerprint density at radius 2 is 1.31 bits per heavy atom. The molecule has 0 aliphatic carbocycles. The Labute approximate surface area is 159 Å². The van der Waals surface area contributed by atoms with Crippen molar-refractivity contribution in [1.29, 1.82) is 0 Å². The van der Waals surface area contributed by atoms with Crippen LogP contribution in [0.15, 0.2) is 0 Å². The van der Waals surface area contributed by atoms with Gasteiger partial charge in [0.2, 0.25) is 0 Å². The minimum atomic E-state index is 0.844. The summed E-state index contributed by atoms with van der Waals surface area (Å²) in [5.41, 5.74) is 0. The lowest BCUT2D eigenvalue weighted by atomic mass is 10.00. The molecule has 1 aromatic rings. The molecule has 6 heteroatoms.